The number of piperazine rings is 1. The van der Waals surface area contributed by atoms with Crippen LogP contribution in [0.2, 0.25) is 0 Å². The molecule has 0 aliphatic carbocycles. The fraction of sp³-hybridized carbons (Fsp3) is 1.00. The van der Waals surface area contributed by atoms with Crippen LogP contribution in [0.3, 0.4) is 0 Å². The Labute approximate surface area is 85.6 Å². The minimum Gasteiger partial charge on any atom is -0.299 e. The Balaban J connectivity index is 1.91. The highest BCUT2D eigenvalue weighted by molar-refractivity contribution is 7.78. The largest absolute Gasteiger partial charge is 0.299 e. The smallest absolute Gasteiger partial charge is 0.237 e. The van der Waals surface area contributed by atoms with Gasteiger partial charge in [-0.2, -0.15) is 4.31 Å². The van der Waals surface area contributed by atoms with Crippen LogP contribution in [0.5, 0.6) is 0 Å². The van der Waals surface area contributed by atoms with E-state index in [1.807, 2.05) is 4.31 Å². The third-order valence-corrected chi connectivity index (χ3v) is 3.84. The Kier molecular flexibility index (Phi) is 3.21. The molecule has 2 atom stereocenters. The molecule has 76 valence electrons. The minimum atomic E-state index is -1.18. The number of halogens is 1. The molecule has 4 nitrogen and oxygen atoms in total. The Morgan fingerprint density at radius 3 is 3.15 bits per heavy atom. The summed E-state index contributed by atoms with van der Waals surface area (Å²) in [4.78, 5) is 2.29. The van der Waals surface area contributed by atoms with Crippen molar-refractivity contribution >= 4 is 22.9 Å². The third-order valence-electron chi connectivity index (χ3n) is 2.47. The summed E-state index contributed by atoms with van der Waals surface area (Å²) >= 11 is 4.48. The number of rotatable bonds is 2. The van der Waals surface area contributed by atoms with Gasteiger partial charge in [0.25, 0.3) is 0 Å². The molecule has 2 heterocycles. The lowest BCUT2D eigenvalue weighted by atomic mass is 10.2. The SMILES string of the molecule is O=S1OC[C@@H]2CN(CCCl)CCN21. The summed E-state index contributed by atoms with van der Waals surface area (Å²) in [5.74, 6) is 0.663. The molecule has 0 aromatic heterocycles. The zero-order valence-corrected chi connectivity index (χ0v) is 8.89. The minimum absolute atomic E-state index is 0.304. The van der Waals surface area contributed by atoms with Crippen molar-refractivity contribution in [2.45, 2.75) is 6.04 Å². The molecule has 0 amide bonds. The van der Waals surface area contributed by atoms with Gasteiger partial charge < -0.3 is 0 Å². The highest BCUT2D eigenvalue weighted by atomic mass is 35.5. The molecule has 0 saturated carbocycles. The molecule has 0 aromatic rings. The van der Waals surface area contributed by atoms with Crippen LogP contribution in [-0.2, 0) is 15.4 Å². The van der Waals surface area contributed by atoms with E-state index in [9.17, 15) is 4.21 Å². The summed E-state index contributed by atoms with van der Waals surface area (Å²) in [7, 11) is 0. The molecule has 2 rings (SSSR count). The third kappa shape index (κ3) is 2.05. The molecule has 6 heteroatoms. The highest BCUT2D eigenvalue weighted by Gasteiger charge is 2.36. The number of hydrogen-bond acceptors (Lipinski definition) is 3. The van der Waals surface area contributed by atoms with Crippen LogP contribution in [0.15, 0.2) is 0 Å². The monoisotopic (exact) mass is 224 g/mol. The maximum Gasteiger partial charge on any atom is 0.237 e. The van der Waals surface area contributed by atoms with Gasteiger partial charge in [-0.05, 0) is 0 Å². The molecule has 2 aliphatic heterocycles. The summed E-state index contributed by atoms with van der Waals surface area (Å²) < 4.78 is 18.2. The maximum absolute atomic E-state index is 11.2. The van der Waals surface area contributed by atoms with Gasteiger partial charge in [0.1, 0.15) is 0 Å². The van der Waals surface area contributed by atoms with Gasteiger partial charge in [-0.3, -0.25) is 9.08 Å². The summed E-state index contributed by atoms with van der Waals surface area (Å²) in [6.07, 6.45) is 0. The van der Waals surface area contributed by atoms with Gasteiger partial charge in [0.05, 0.1) is 12.6 Å². The van der Waals surface area contributed by atoms with Crippen molar-refractivity contribution < 1.29 is 8.39 Å². The molecule has 0 spiro atoms. The zero-order chi connectivity index (χ0) is 9.26. The van der Waals surface area contributed by atoms with Crippen molar-refractivity contribution in [3.05, 3.63) is 0 Å². The van der Waals surface area contributed by atoms with Crippen molar-refractivity contribution in [3.8, 4) is 0 Å². The predicted octanol–water partition coefficient (Wildman–Crippen LogP) is -0.180. The number of fused-ring (bicyclic) bond motifs is 1. The second-order valence-corrected chi connectivity index (χ2v) is 4.80. The predicted molar refractivity (Wildman–Crippen MR) is 51.7 cm³/mol. The fourth-order valence-electron chi connectivity index (χ4n) is 1.76. The summed E-state index contributed by atoms with van der Waals surface area (Å²) in [5, 5.41) is 0. The maximum atomic E-state index is 11.2. The van der Waals surface area contributed by atoms with E-state index in [0.717, 1.165) is 26.2 Å². The molecule has 13 heavy (non-hydrogen) atoms. The Hall–Kier alpha value is 0.320. The molecular weight excluding hydrogens is 212 g/mol. The summed E-state index contributed by atoms with van der Waals surface area (Å²) in [5.41, 5.74) is 0. The van der Waals surface area contributed by atoms with Crippen molar-refractivity contribution in [1.82, 2.24) is 9.21 Å². The molecule has 2 aliphatic rings. The first-order valence-electron chi connectivity index (χ1n) is 4.41. The fourth-order valence-corrected chi connectivity index (χ4v) is 3.01. The van der Waals surface area contributed by atoms with Crippen LogP contribution < -0.4 is 0 Å². The Morgan fingerprint density at radius 1 is 1.54 bits per heavy atom. The van der Waals surface area contributed by atoms with Crippen LogP contribution in [0.25, 0.3) is 0 Å². The first-order chi connectivity index (χ1) is 6.31. The number of hydrogen-bond donors (Lipinski definition) is 0. The van der Waals surface area contributed by atoms with Crippen molar-refractivity contribution in [2.24, 2.45) is 0 Å². The number of nitrogens with zero attached hydrogens (tertiary/aromatic N) is 2. The molecule has 0 radical (unpaired) electrons. The average molecular weight is 225 g/mol. The second-order valence-electron chi connectivity index (χ2n) is 3.29. The summed E-state index contributed by atoms with van der Waals surface area (Å²) in [6, 6.07) is 0.304. The van der Waals surface area contributed by atoms with Crippen molar-refractivity contribution in [3.63, 3.8) is 0 Å². The zero-order valence-electron chi connectivity index (χ0n) is 7.32. The highest BCUT2D eigenvalue weighted by Crippen LogP contribution is 2.19. The van der Waals surface area contributed by atoms with Gasteiger partial charge in [-0.1, -0.05) is 0 Å². The van der Waals surface area contributed by atoms with E-state index in [4.69, 9.17) is 15.8 Å². The second kappa shape index (κ2) is 4.23. The van der Waals surface area contributed by atoms with Gasteiger partial charge >= 0.3 is 0 Å². The van der Waals surface area contributed by atoms with E-state index in [-0.39, 0.29) is 0 Å². The van der Waals surface area contributed by atoms with Crippen molar-refractivity contribution in [2.75, 3.05) is 38.7 Å². The van der Waals surface area contributed by atoms with Gasteiger partial charge in [-0.25, -0.2) is 4.21 Å². The molecule has 2 saturated heterocycles. The molecule has 0 bridgehead atoms. The topological polar surface area (TPSA) is 32.8 Å². The van der Waals surface area contributed by atoms with E-state index in [1.165, 1.54) is 0 Å². The Morgan fingerprint density at radius 2 is 2.38 bits per heavy atom. The van der Waals surface area contributed by atoms with Crippen LogP contribution in [0.1, 0.15) is 0 Å². The van der Waals surface area contributed by atoms with Crippen LogP contribution >= 0.6 is 11.6 Å². The molecule has 1 unspecified atom stereocenters. The van der Waals surface area contributed by atoms with E-state index in [0.29, 0.717) is 18.5 Å². The number of alkyl halides is 1. The molecule has 0 N–H and O–H groups in total. The lowest BCUT2D eigenvalue weighted by Crippen LogP contribution is -2.51. The lowest BCUT2D eigenvalue weighted by molar-refractivity contribution is 0.148. The first-order valence-corrected chi connectivity index (χ1v) is 5.98. The molecule has 0 aromatic carbocycles. The van der Waals surface area contributed by atoms with Gasteiger partial charge in [0.2, 0.25) is 11.3 Å². The van der Waals surface area contributed by atoms with Crippen molar-refractivity contribution in [1.29, 1.82) is 0 Å². The lowest BCUT2D eigenvalue weighted by Gasteiger charge is -2.34. The summed E-state index contributed by atoms with van der Waals surface area (Å²) in [6.45, 7) is 4.20. The van der Waals surface area contributed by atoms with Crippen LogP contribution in [0.4, 0.5) is 0 Å². The van der Waals surface area contributed by atoms with E-state index >= 15 is 0 Å². The van der Waals surface area contributed by atoms with E-state index < -0.39 is 11.3 Å². The van der Waals surface area contributed by atoms with E-state index in [1.54, 1.807) is 0 Å². The van der Waals surface area contributed by atoms with Crippen LogP contribution in [0, 0.1) is 0 Å². The van der Waals surface area contributed by atoms with Gasteiger partial charge in [-0.15, -0.1) is 11.6 Å². The van der Waals surface area contributed by atoms with E-state index in [2.05, 4.69) is 4.90 Å². The Bertz CT molecular complexity index is 217. The normalized spacial score (nSPS) is 36.4. The van der Waals surface area contributed by atoms with Gasteiger partial charge in [0, 0.05) is 32.1 Å². The molecular formula is C7H13ClN2O2S. The standard InChI is InChI=1S/C7H13ClN2O2S/c8-1-2-9-3-4-10-7(5-9)6-12-13(10)11/h7H,1-6H2/t7-,13?/m0/s1. The average Bonchev–Trinajstić information content (AvgIpc) is 2.48. The first kappa shape index (κ1) is 9.86. The quantitative estimate of drug-likeness (QED) is 0.611. The molecule has 2 fully saturated rings. The van der Waals surface area contributed by atoms with Gasteiger partial charge in [0.15, 0.2) is 0 Å². The van der Waals surface area contributed by atoms with Crippen LogP contribution in [-0.4, -0.2) is 58.1 Å².